The van der Waals surface area contributed by atoms with E-state index < -0.39 is 6.10 Å². The van der Waals surface area contributed by atoms with E-state index in [4.69, 9.17) is 0 Å². The highest BCUT2D eigenvalue weighted by atomic mass is 79.9. The lowest BCUT2D eigenvalue weighted by Gasteiger charge is -2.48. The molecule has 1 heterocycles. The molecule has 1 saturated heterocycles. The predicted octanol–water partition coefficient (Wildman–Crippen LogP) is 7.32. The Morgan fingerprint density at radius 2 is 1.49 bits per heavy atom. The van der Waals surface area contributed by atoms with Crippen molar-refractivity contribution in [1.82, 2.24) is 0 Å². The van der Waals surface area contributed by atoms with Gasteiger partial charge in [-0.25, -0.2) is 8.78 Å². The number of hydrogen-bond acceptors (Lipinski definition) is 3. The van der Waals surface area contributed by atoms with Crippen LogP contribution in [0.15, 0.2) is 95.5 Å². The number of benzene rings is 4. The summed E-state index contributed by atoms with van der Waals surface area (Å²) >= 11 is 3.52. The second-order valence-electron chi connectivity index (χ2n) is 9.17. The van der Waals surface area contributed by atoms with Crippen LogP contribution in [0, 0.1) is 17.6 Å². The summed E-state index contributed by atoms with van der Waals surface area (Å²) in [7, 11) is 0. The van der Waals surface area contributed by atoms with Crippen LogP contribution in [0.3, 0.4) is 0 Å². The van der Waals surface area contributed by atoms with Crippen molar-refractivity contribution >= 4 is 27.5 Å². The van der Waals surface area contributed by atoms with Gasteiger partial charge in [0, 0.05) is 10.2 Å². The monoisotopic (exact) mass is 563 g/mol. The fraction of sp³-hybridized carbons (Fsp3) is 0.167. The van der Waals surface area contributed by atoms with Crippen molar-refractivity contribution in [2.45, 2.75) is 25.0 Å². The van der Waals surface area contributed by atoms with E-state index in [-0.39, 0.29) is 35.3 Å². The summed E-state index contributed by atoms with van der Waals surface area (Å²) in [6.07, 6.45) is -0.0524. The molecule has 4 aromatic carbocycles. The van der Waals surface area contributed by atoms with Gasteiger partial charge in [-0.3, -0.25) is 4.79 Å². The van der Waals surface area contributed by atoms with Crippen LogP contribution in [0.25, 0.3) is 11.1 Å². The van der Waals surface area contributed by atoms with E-state index in [1.807, 2.05) is 24.3 Å². The van der Waals surface area contributed by atoms with Crippen LogP contribution in [0.5, 0.6) is 5.75 Å². The maximum Gasteiger partial charge on any atom is 0.233 e. The number of rotatable bonds is 7. The van der Waals surface area contributed by atoms with Gasteiger partial charge < -0.3 is 15.1 Å². The lowest BCUT2D eigenvalue weighted by atomic mass is 9.78. The van der Waals surface area contributed by atoms with Crippen LogP contribution >= 0.6 is 15.9 Å². The number of halogens is 3. The quantitative estimate of drug-likeness (QED) is 0.231. The zero-order valence-electron chi connectivity index (χ0n) is 19.7. The Kier molecular flexibility index (Phi) is 7.09. The van der Waals surface area contributed by atoms with Crippen molar-refractivity contribution in [2.75, 3.05) is 4.90 Å². The molecule has 188 valence electrons. The predicted molar refractivity (Wildman–Crippen MR) is 142 cm³/mol. The van der Waals surface area contributed by atoms with Gasteiger partial charge >= 0.3 is 0 Å². The molecule has 0 aliphatic carbocycles. The first-order chi connectivity index (χ1) is 17.8. The molecule has 1 unspecified atom stereocenters. The van der Waals surface area contributed by atoms with Crippen molar-refractivity contribution in [2.24, 2.45) is 5.92 Å². The van der Waals surface area contributed by atoms with Gasteiger partial charge in [-0.15, -0.1) is 0 Å². The lowest BCUT2D eigenvalue weighted by molar-refractivity contribution is -0.131. The summed E-state index contributed by atoms with van der Waals surface area (Å²) in [6, 6.07) is 24.1. The first kappa shape index (κ1) is 25.1. The molecule has 7 heteroatoms. The van der Waals surface area contributed by atoms with Crippen molar-refractivity contribution in [3.8, 4) is 16.9 Å². The molecule has 1 fully saturated rings. The highest BCUT2D eigenvalue weighted by Crippen LogP contribution is 2.46. The van der Waals surface area contributed by atoms with Crippen molar-refractivity contribution < 1.29 is 23.8 Å². The third-order valence-corrected chi connectivity index (χ3v) is 7.53. The number of aliphatic hydroxyl groups excluding tert-OH is 1. The first-order valence-electron chi connectivity index (χ1n) is 11.9. The Balaban J connectivity index is 1.41. The molecule has 0 bridgehead atoms. The van der Waals surface area contributed by atoms with Gasteiger partial charge in [0.25, 0.3) is 0 Å². The molecule has 3 atom stereocenters. The minimum absolute atomic E-state index is 0.0947. The molecule has 37 heavy (non-hydrogen) atoms. The number of amides is 1. The maximum atomic E-state index is 13.6. The number of nitrogens with zero attached hydrogens (tertiary/aromatic N) is 1. The zero-order chi connectivity index (χ0) is 26.1. The minimum Gasteiger partial charge on any atom is -0.508 e. The average molecular weight is 564 g/mol. The van der Waals surface area contributed by atoms with Crippen molar-refractivity contribution in [3.63, 3.8) is 0 Å². The molecular formula is C30H24BrF2NO3. The molecule has 1 aliphatic rings. The fourth-order valence-electron chi connectivity index (χ4n) is 4.88. The molecule has 1 amide bonds. The van der Waals surface area contributed by atoms with Crippen LogP contribution in [0.2, 0.25) is 0 Å². The van der Waals surface area contributed by atoms with Gasteiger partial charge in [0.15, 0.2) is 0 Å². The van der Waals surface area contributed by atoms with Crippen LogP contribution in [0.1, 0.15) is 36.1 Å². The molecular weight excluding hydrogens is 540 g/mol. The number of anilines is 1. The number of aliphatic hydroxyl groups is 1. The summed E-state index contributed by atoms with van der Waals surface area (Å²) in [5.74, 6) is -1.06. The molecule has 0 saturated carbocycles. The van der Waals surface area contributed by atoms with Crippen LogP contribution in [-0.2, 0) is 4.79 Å². The summed E-state index contributed by atoms with van der Waals surface area (Å²) in [6.45, 7) is 0. The molecule has 0 radical (unpaired) electrons. The third-order valence-electron chi connectivity index (χ3n) is 6.84. The van der Waals surface area contributed by atoms with E-state index in [0.29, 0.717) is 24.1 Å². The topological polar surface area (TPSA) is 60.8 Å². The standard InChI is InChI=1S/C30H24BrF2NO3/c31-27-15-13-24(35)17-26(27)18-1-3-20(4-2-18)29-25(14-16-28(36)19-5-7-21(32)8-6-19)30(37)34(29)23-11-9-22(33)10-12-23/h1-13,15,17,25,28-29,35-36H,14,16H2/t25-,28?,29-/m1/s1. The summed E-state index contributed by atoms with van der Waals surface area (Å²) in [5.41, 5.74) is 3.84. The molecule has 2 N–H and O–H groups in total. The van der Waals surface area contributed by atoms with E-state index in [1.165, 1.54) is 24.3 Å². The van der Waals surface area contributed by atoms with E-state index in [1.54, 1.807) is 47.4 Å². The Labute approximate surface area is 221 Å². The first-order valence-corrected chi connectivity index (χ1v) is 12.7. The third kappa shape index (κ3) is 5.15. The van der Waals surface area contributed by atoms with Gasteiger partial charge in [-0.2, -0.15) is 0 Å². The zero-order valence-corrected chi connectivity index (χ0v) is 21.3. The Bertz CT molecular complexity index is 1410. The average Bonchev–Trinajstić information content (AvgIpc) is 2.90. The summed E-state index contributed by atoms with van der Waals surface area (Å²) < 4.78 is 27.7. The Hall–Kier alpha value is -3.55. The maximum absolute atomic E-state index is 13.6. The van der Waals surface area contributed by atoms with Crippen molar-refractivity contribution in [1.29, 1.82) is 0 Å². The Morgan fingerprint density at radius 1 is 0.865 bits per heavy atom. The SMILES string of the molecule is O=C1[C@H](CCC(O)c2ccc(F)cc2)[C@@H](c2ccc(-c3cc(O)ccc3Br)cc2)N1c1ccc(F)cc1. The van der Waals surface area contributed by atoms with Gasteiger partial charge in [0.05, 0.1) is 18.1 Å². The number of carbonyl (C=O) groups is 1. The van der Waals surface area contributed by atoms with E-state index in [9.17, 15) is 23.8 Å². The van der Waals surface area contributed by atoms with Crippen LogP contribution in [0.4, 0.5) is 14.5 Å². The number of carbonyl (C=O) groups excluding carboxylic acids is 1. The number of phenols is 1. The van der Waals surface area contributed by atoms with Crippen LogP contribution in [-0.4, -0.2) is 16.1 Å². The minimum atomic E-state index is -0.820. The second-order valence-corrected chi connectivity index (χ2v) is 10.0. The summed E-state index contributed by atoms with van der Waals surface area (Å²) in [4.78, 5) is 14.9. The van der Waals surface area contributed by atoms with Gasteiger partial charge in [0.2, 0.25) is 5.91 Å². The van der Waals surface area contributed by atoms with Gasteiger partial charge in [-0.1, -0.05) is 52.3 Å². The number of aromatic hydroxyl groups is 1. The van der Waals surface area contributed by atoms with Crippen LogP contribution < -0.4 is 4.90 Å². The van der Waals surface area contributed by atoms with E-state index in [0.717, 1.165) is 21.2 Å². The van der Waals surface area contributed by atoms with Gasteiger partial charge in [-0.05, 0) is 89.7 Å². The lowest BCUT2D eigenvalue weighted by Crippen LogP contribution is -2.55. The molecule has 4 nitrogen and oxygen atoms in total. The van der Waals surface area contributed by atoms with E-state index in [2.05, 4.69) is 15.9 Å². The molecule has 0 spiro atoms. The number of phenolic OH excluding ortho intramolecular Hbond substituents is 1. The molecule has 4 aromatic rings. The molecule has 0 aromatic heterocycles. The fourth-order valence-corrected chi connectivity index (χ4v) is 5.36. The largest absolute Gasteiger partial charge is 0.508 e. The Morgan fingerprint density at radius 3 is 2.14 bits per heavy atom. The van der Waals surface area contributed by atoms with Gasteiger partial charge in [0.1, 0.15) is 17.4 Å². The molecule has 1 aliphatic heterocycles. The van der Waals surface area contributed by atoms with E-state index >= 15 is 0 Å². The number of hydrogen-bond donors (Lipinski definition) is 2. The summed E-state index contributed by atoms with van der Waals surface area (Å²) in [5, 5.41) is 20.5. The number of β-lactam (4-membered cyclic amide) rings is 1. The smallest absolute Gasteiger partial charge is 0.233 e. The highest BCUT2D eigenvalue weighted by Gasteiger charge is 2.48. The second kappa shape index (κ2) is 10.4. The normalized spacial score (nSPS) is 17.9. The molecule has 5 rings (SSSR count). The van der Waals surface area contributed by atoms with Crippen molar-refractivity contribution in [3.05, 3.63) is 118 Å². The highest BCUT2D eigenvalue weighted by molar-refractivity contribution is 9.10.